The molecule has 0 radical (unpaired) electrons. The summed E-state index contributed by atoms with van der Waals surface area (Å²) < 4.78 is 10.8. The van der Waals surface area contributed by atoms with Gasteiger partial charge in [0.1, 0.15) is 18.5 Å². The average Bonchev–Trinajstić information content (AvgIpc) is 2.45. The van der Waals surface area contributed by atoms with Gasteiger partial charge in [0.05, 0.1) is 5.02 Å². The highest BCUT2D eigenvalue weighted by Crippen LogP contribution is 2.27. The summed E-state index contributed by atoms with van der Waals surface area (Å²) in [6.07, 6.45) is 1.39. The Balaban J connectivity index is 1.70. The van der Waals surface area contributed by atoms with Crippen molar-refractivity contribution in [3.63, 3.8) is 0 Å². The maximum absolute atomic E-state index is 9.90. The number of ether oxygens (including phenoxy) is 2. The van der Waals surface area contributed by atoms with Gasteiger partial charge in [0, 0.05) is 30.8 Å². The van der Waals surface area contributed by atoms with Gasteiger partial charge in [0.25, 0.3) is 0 Å². The molecule has 0 saturated carbocycles. The summed E-state index contributed by atoms with van der Waals surface area (Å²) in [7, 11) is 0. The summed E-state index contributed by atoms with van der Waals surface area (Å²) in [5.74, 6) is 0.529. The van der Waals surface area contributed by atoms with Crippen molar-refractivity contribution in [2.45, 2.75) is 25.0 Å². The predicted octanol–water partition coefficient (Wildman–Crippen LogP) is 2.50. The Kier molecular flexibility index (Phi) is 6.39. The molecule has 1 saturated heterocycles. The molecular weight excluding hydrogens is 301 g/mol. The molecule has 6 heteroatoms. The van der Waals surface area contributed by atoms with Crippen molar-refractivity contribution in [2.75, 3.05) is 26.4 Å². The van der Waals surface area contributed by atoms with E-state index in [-0.39, 0.29) is 6.61 Å². The van der Waals surface area contributed by atoms with Gasteiger partial charge in [-0.2, -0.15) is 0 Å². The van der Waals surface area contributed by atoms with Crippen LogP contribution < -0.4 is 10.1 Å². The molecule has 0 spiro atoms. The minimum Gasteiger partial charge on any atom is -0.489 e. The molecule has 1 fully saturated rings. The van der Waals surface area contributed by atoms with E-state index in [2.05, 4.69) is 5.32 Å². The fourth-order valence-corrected chi connectivity index (χ4v) is 2.50. The first-order valence-electron chi connectivity index (χ1n) is 6.72. The van der Waals surface area contributed by atoms with Gasteiger partial charge in [-0.05, 0) is 31.0 Å². The van der Waals surface area contributed by atoms with E-state index in [0.717, 1.165) is 26.1 Å². The normalized spacial score (nSPS) is 17.9. The lowest BCUT2D eigenvalue weighted by atomic mass is 10.1. The van der Waals surface area contributed by atoms with Gasteiger partial charge < -0.3 is 19.9 Å². The zero-order valence-corrected chi connectivity index (χ0v) is 12.7. The molecule has 112 valence electrons. The molecular formula is C14H19Cl2NO3. The minimum absolute atomic E-state index is 0.192. The van der Waals surface area contributed by atoms with Crippen LogP contribution in [0.5, 0.6) is 5.75 Å². The quantitative estimate of drug-likeness (QED) is 0.846. The van der Waals surface area contributed by atoms with E-state index >= 15 is 0 Å². The van der Waals surface area contributed by atoms with Crippen LogP contribution in [0, 0.1) is 0 Å². The number of benzene rings is 1. The molecule has 1 heterocycles. The number of hydrogen-bond acceptors (Lipinski definition) is 4. The highest BCUT2D eigenvalue weighted by atomic mass is 35.5. The summed E-state index contributed by atoms with van der Waals surface area (Å²) >= 11 is 11.8. The molecule has 2 rings (SSSR count). The second-order valence-corrected chi connectivity index (χ2v) is 5.68. The van der Waals surface area contributed by atoms with Crippen LogP contribution in [0.2, 0.25) is 10.0 Å². The van der Waals surface area contributed by atoms with Gasteiger partial charge >= 0.3 is 0 Å². The number of nitrogens with one attached hydrogen (secondary N) is 1. The zero-order valence-electron chi connectivity index (χ0n) is 11.1. The molecule has 0 aromatic heterocycles. The van der Waals surface area contributed by atoms with Gasteiger partial charge in [-0.1, -0.05) is 23.2 Å². The van der Waals surface area contributed by atoms with Crippen LogP contribution >= 0.6 is 23.2 Å². The maximum Gasteiger partial charge on any atom is 0.138 e. The summed E-state index contributed by atoms with van der Waals surface area (Å²) in [6.45, 7) is 2.25. The molecule has 1 aliphatic rings. The van der Waals surface area contributed by atoms with Gasteiger partial charge in [-0.25, -0.2) is 0 Å². The largest absolute Gasteiger partial charge is 0.489 e. The van der Waals surface area contributed by atoms with Crippen LogP contribution in [0.1, 0.15) is 12.8 Å². The fourth-order valence-electron chi connectivity index (χ4n) is 2.04. The third kappa shape index (κ3) is 5.11. The van der Waals surface area contributed by atoms with E-state index in [9.17, 15) is 5.11 Å². The number of hydrogen-bond donors (Lipinski definition) is 2. The first-order valence-corrected chi connectivity index (χ1v) is 7.48. The molecule has 1 atom stereocenters. The van der Waals surface area contributed by atoms with E-state index in [0.29, 0.717) is 28.4 Å². The third-order valence-corrected chi connectivity index (χ3v) is 3.72. The molecule has 0 amide bonds. The Morgan fingerprint density at radius 1 is 1.35 bits per heavy atom. The summed E-state index contributed by atoms with van der Waals surface area (Å²) in [4.78, 5) is 0. The summed E-state index contributed by atoms with van der Waals surface area (Å²) in [5.41, 5.74) is 0. The molecule has 20 heavy (non-hydrogen) atoms. The van der Waals surface area contributed by atoms with E-state index in [1.165, 1.54) is 0 Å². The number of rotatable bonds is 6. The zero-order chi connectivity index (χ0) is 14.4. The molecule has 0 aliphatic carbocycles. The second-order valence-electron chi connectivity index (χ2n) is 4.83. The van der Waals surface area contributed by atoms with Crippen molar-refractivity contribution < 1.29 is 14.6 Å². The first-order chi connectivity index (χ1) is 9.65. The standard InChI is InChI=1S/C14H19Cl2NO3/c15-10-1-2-14(13(16)7-10)20-9-12(18)8-17-11-3-5-19-6-4-11/h1-2,7,11-12,17-18H,3-6,8-9H2. The van der Waals surface area contributed by atoms with Crippen molar-refractivity contribution in [3.8, 4) is 5.75 Å². The van der Waals surface area contributed by atoms with Crippen molar-refractivity contribution >= 4 is 23.2 Å². The summed E-state index contributed by atoms with van der Waals surface area (Å²) in [6, 6.07) is 5.43. The molecule has 4 nitrogen and oxygen atoms in total. The Hall–Kier alpha value is -0.520. The number of aliphatic hydroxyl groups is 1. The van der Waals surface area contributed by atoms with Crippen molar-refractivity contribution in [3.05, 3.63) is 28.2 Å². The molecule has 1 aromatic rings. The molecule has 2 N–H and O–H groups in total. The van der Waals surface area contributed by atoms with Crippen LogP contribution in [-0.4, -0.2) is 43.6 Å². The van der Waals surface area contributed by atoms with Gasteiger partial charge in [0.2, 0.25) is 0 Å². The van der Waals surface area contributed by atoms with Crippen LogP contribution in [0.15, 0.2) is 18.2 Å². The fraction of sp³-hybridized carbons (Fsp3) is 0.571. The van der Waals surface area contributed by atoms with Gasteiger partial charge in [-0.3, -0.25) is 0 Å². The molecule has 1 aliphatic heterocycles. The lowest BCUT2D eigenvalue weighted by molar-refractivity contribution is 0.0655. The van der Waals surface area contributed by atoms with Crippen LogP contribution in [0.25, 0.3) is 0 Å². The maximum atomic E-state index is 9.90. The van der Waals surface area contributed by atoms with E-state index in [1.54, 1.807) is 18.2 Å². The highest BCUT2D eigenvalue weighted by Gasteiger charge is 2.15. The van der Waals surface area contributed by atoms with Crippen molar-refractivity contribution in [1.82, 2.24) is 5.32 Å². The van der Waals surface area contributed by atoms with Crippen molar-refractivity contribution in [1.29, 1.82) is 0 Å². The van der Waals surface area contributed by atoms with Crippen LogP contribution in [-0.2, 0) is 4.74 Å². The Morgan fingerprint density at radius 3 is 2.80 bits per heavy atom. The monoisotopic (exact) mass is 319 g/mol. The van der Waals surface area contributed by atoms with Crippen LogP contribution in [0.4, 0.5) is 0 Å². The second kappa shape index (κ2) is 8.05. The highest BCUT2D eigenvalue weighted by molar-refractivity contribution is 6.35. The minimum atomic E-state index is -0.579. The third-order valence-electron chi connectivity index (χ3n) is 3.19. The first kappa shape index (κ1) is 15.9. The van der Waals surface area contributed by atoms with Gasteiger partial charge in [0.15, 0.2) is 0 Å². The van der Waals surface area contributed by atoms with Crippen LogP contribution in [0.3, 0.4) is 0 Å². The molecule has 1 aromatic carbocycles. The predicted molar refractivity (Wildman–Crippen MR) is 79.8 cm³/mol. The van der Waals surface area contributed by atoms with Gasteiger partial charge in [-0.15, -0.1) is 0 Å². The van der Waals surface area contributed by atoms with E-state index in [4.69, 9.17) is 32.7 Å². The van der Waals surface area contributed by atoms with Crippen molar-refractivity contribution in [2.24, 2.45) is 0 Å². The molecule has 0 bridgehead atoms. The Labute approximate surface area is 129 Å². The smallest absolute Gasteiger partial charge is 0.138 e. The Morgan fingerprint density at radius 2 is 2.10 bits per heavy atom. The number of halogens is 2. The number of aliphatic hydroxyl groups excluding tert-OH is 1. The van der Waals surface area contributed by atoms with E-state index in [1.807, 2.05) is 0 Å². The summed E-state index contributed by atoms with van der Waals surface area (Å²) in [5, 5.41) is 14.2. The SMILES string of the molecule is OC(CNC1CCOCC1)COc1ccc(Cl)cc1Cl. The topological polar surface area (TPSA) is 50.7 Å². The average molecular weight is 320 g/mol. The van der Waals surface area contributed by atoms with E-state index < -0.39 is 6.10 Å². The molecule has 1 unspecified atom stereocenters. The lowest BCUT2D eigenvalue weighted by Gasteiger charge is -2.24. The lowest BCUT2D eigenvalue weighted by Crippen LogP contribution is -2.40. The Bertz CT molecular complexity index is 425.